The number of carbonyl (C=O) groups is 1. The van der Waals surface area contributed by atoms with Gasteiger partial charge in [-0.25, -0.2) is 9.37 Å². The number of aromatic nitrogens is 2. The van der Waals surface area contributed by atoms with Crippen LogP contribution in [0.3, 0.4) is 0 Å². The third-order valence-electron chi connectivity index (χ3n) is 4.73. The molecule has 4 aromatic rings. The minimum Gasteiger partial charge on any atom is -0.354 e. The molecule has 1 aliphatic heterocycles. The number of carbonyl (C=O) groups excluding carboxylic acids is 1. The lowest BCUT2D eigenvalue weighted by atomic mass is 9.93. The van der Waals surface area contributed by atoms with Crippen LogP contribution in [0.15, 0.2) is 65.5 Å². The summed E-state index contributed by atoms with van der Waals surface area (Å²) in [7, 11) is 5.79. The molecule has 0 unspecified atom stereocenters. The van der Waals surface area contributed by atoms with E-state index in [1.807, 2.05) is 0 Å². The quantitative estimate of drug-likeness (QED) is 0.487. The molecule has 28 heavy (non-hydrogen) atoms. The minimum atomic E-state index is -0.349. The van der Waals surface area contributed by atoms with E-state index >= 15 is 0 Å². The molecule has 0 spiro atoms. The van der Waals surface area contributed by atoms with Gasteiger partial charge in [0, 0.05) is 11.3 Å². The molecule has 0 bridgehead atoms. The van der Waals surface area contributed by atoms with Crippen LogP contribution in [0.2, 0.25) is 0 Å². The Balaban J connectivity index is 1.73. The molecule has 0 amide bonds. The molecule has 0 saturated carbocycles. The summed E-state index contributed by atoms with van der Waals surface area (Å²) in [5.74, 6) is -0.648. The molecule has 0 atom stereocenters. The lowest BCUT2D eigenvalue weighted by molar-refractivity contribution is 0.103. The number of nitrogens with one attached hydrogen (secondary N) is 1. The molecule has 5 rings (SSSR count). The Labute approximate surface area is 159 Å². The molecule has 0 aliphatic carbocycles. The van der Waals surface area contributed by atoms with Gasteiger partial charge >= 0.3 is 0 Å². The topological polar surface area (TPSA) is 64.0 Å². The predicted molar refractivity (Wildman–Crippen MR) is 106 cm³/mol. The highest BCUT2D eigenvalue weighted by Crippen LogP contribution is 2.29. The van der Waals surface area contributed by atoms with Crippen molar-refractivity contribution in [2.45, 2.75) is 0 Å². The van der Waals surface area contributed by atoms with Gasteiger partial charge in [-0.2, -0.15) is 0 Å². The van der Waals surface area contributed by atoms with E-state index in [0.29, 0.717) is 39.0 Å². The average Bonchev–Trinajstić information content (AvgIpc) is 2.96. The molecule has 0 saturated heterocycles. The van der Waals surface area contributed by atoms with Crippen LogP contribution in [0.1, 0.15) is 16.2 Å². The Morgan fingerprint density at radius 2 is 1.79 bits per heavy atom. The molecule has 1 aliphatic rings. The molecule has 3 aromatic carbocycles. The fraction of sp³-hybridized carbons (Fsp3) is 0. The van der Waals surface area contributed by atoms with Gasteiger partial charge in [0.15, 0.2) is 5.82 Å². The second kappa shape index (κ2) is 5.89. The van der Waals surface area contributed by atoms with Gasteiger partial charge in [-0.3, -0.25) is 14.2 Å². The van der Waals surface area contributed by atoms with Gasteiger partial charge in [-0.15, -0.1) is 0 Å². The summed E-state index contributed by atoms with van der Waals surface area (Å²) >= 11 is 0. The van der Waals surface area contributed by atoms with Gasteiger partial charge < -0.3 is 5.32 Å². The number of nitrogens with zero attached hydrogens (tertiary/aromatic N) is 2. The summed E-state index contributed by atoms with van der Waals surface area (Å²) in [5, 5.41) is 3.50. The molecule has 7 heteroatoms. The summed E-state index contributed by atoms with van der Waals surface area (Å²) in [6.45, 7) is 0. The Morgan fingerprint density at radius 3 is 2.57 bits per heavy atom. The van der Waals surface area contributed by atoms with Gasteiger partial charge in [0.05, 0.1) is 16.8 Å². The predicted octanol–water partition coefficient (Wildman–Crippen LogP) is 2.61. The molecule has 1 aromatic heterocycles. The molecule has 1 N–H and O–H groups in total. The molecule has 0 fully saturated rings. The van der Waals surface area contributed by atoms with E-state index in [0.717, 1.165) is 0 Å². The molecule has 2 heterocycles. The number of hydrogen-bond donors (Lipinski definition) is 1. The van der Waals surface area contributed by atoms with Crippen molar-refractivity contribution >= 4 is 41.4 Å². The van der Waals surface area contributed by atoms with E-state index in [9.17, 15) is 14.0 Å². The van der Waals surface area contributed by atoms with Gasteiger partial charge in [-0.1, -0.05) is 23.7 Å². The Kier molecular flexibility index (Phi) is 3.46. The normalized spacial score (nSPS) is 12.1. The minimum absolute atomic E-state index is 0.0476. The van der Waals surface area contributed by atoms with Gasteiger partial charge in [-0.05, 0) is 42.5 Å². The summed E-state index contributed by atoms with van der Waals surface area (Å²) in [4.78, 5) is 30.4. The smallest absolute Gasteiger partial charge is 0.266 e. The summed E-state index contributed by atoms with van der Waals surface area (Å²) in [6.07, 6.45) is 0. The lowest BCUT2D eigenvalue weighted by Crippen LogP contribution is -2.21. The zero-order valence-electron chi connectivity index (χ0n) is 14.4. The van der Waals surface area contributed by atoms with E-state index in [4.69, 9.17) is 7.85 Å². The number of benzene rings is 3. The van der Waals surface area contributed by atoms with E-state index in [1.54, 1.807) is 48.5 Å². The lowest BCUT2D eigenvalue weighted by Gasteiger charge is -2.11. The van der Waals surface area contributed by atoms with Crippen LogP contribution in [0.4, 0.5) is 15.8 Å². The summed E-state index contributed by atoms with van der Waals surface area (Å²) < 4.78 is 14.5. The number of halogens is 1. The zero-order valence-corrected chi connectivity index (χ0v) is 14.4. The third kappa shape index (κ3) is 2.36. The van der Waals surface area contributed by atoms with Crippen molar-refractivity contribution in [1.82, 2.24) is 9.55 Å². The maximum atomic E-state index is 13.2. The number of para-hydroxylation sites is 1. The fourth-order valence-corrected chi connectivity index (χ4v) is 3.43. The highest BCUT2D eigenvalue weighted by Gasteiger charge is 2.30. The number of rotatable bonds is 2. The van der Waals surface area contributed by atoms with Crippen molar-refractivity contribution in [3.63, 3.8) is 0 Å². The van der Waals surface area contributed by atoms with Crippen molar-refractivity contribution < 1.29 is 9.18 Å². The van der Waals surface area contributed by atoms with Crippen LogP contribution >= 0.6 is 0 Å². The zero-order chi connectivity index (χ0) is 19.4. The van der Waals surface area contributed by atoms with E-state index < -0.39 is 0 Å². The van der Waals surface area contributed by atoms with Crippen molar-refractivity contribution in [1.29, 1.82) is 0 Å². The van der Waals surface area contributed by atoms with E-state index in [1.165, 1.54) is 16.7 Å². The first-order chi connectivity index (χ1) is 13.5. The number of hydrogen-bond acceptors (Lipinski definition) is 4. The molecule has 2 radical (unpaired) electrons. The maximum absolute atomic E-state index is 13.2. The van der Waals surface area contributed by atoms with E-state index in [-0.39, 0.29) is 23.0 Å². The second-order valence-corrected chi connectivity index (χ2v) is 6.52. The number of anilines is 2. The number of ketones is 1. The van der Waals surface area contributed by atoms with Crippen LogP contribution in [0.25, 0.3) is 16.6 Å². The highest BCUT2D eigenvalue weighted by molar-refractivity contribution is 6.33. The summed E-state index contributed by atoms with van der Waals surface area (Å²) in [6, 6.07) is 15.8. The van der Waals surface area contributed by atoms with Crippen molar-refractivity contribution in [2.75, 3.05) is 5.32 Å². The first-order valence-electron chi connectivity index (χ1n) is 8.56. The van der Waals surface area contributed by atoms with Crippen LogP contribution in [0.5, 0.6) is 0 Å². The van der Waals surface area contributed by atoms with Crippen LogP contribution < -0.4 is 16.3 Å². The average molecular weight is 367 g/mol. The van der Waals surface area contributed by atoms with Crippen LogP contribution in [-0.2, 0) is 0 Å². The molecule has 132 valence electrons. The van der Waals surface area contributed by atoms with Crippen molar-refractivity contribution in [3.05, 3.63) is 88.2 Å². The van der Waals surface area contributed by atoms with E-state index in [2.05, 4.69) is 10.3 Å². The Morgan fingerprint density at radius 1 is 1.00 bits per heavy atom. The first-order valence-corrected chi connectivity index (χ1v) is 8.56. The van der Waals surface area contributed by atoms with Gasteiger partial charge in [0.1, 0.15) is 19.2 Å². The monoisotopic (exact) mass is 367 g/mol. The maximum Gasteiger partial charge on any atom is 0.266 e. The van der Waals surface area contributed by atoms with Crippen molar-refractivity contribution in [2.24, 2.45) is 0 Å². The Hall–Kier alpha value is -3.74. The third-order valence-corrected chi connectivity index (χ3v) is 4.73. The number of fused-ring (bicyclic) bond motifs is 4. The molecule has 5 nitrogen and oxygen atoms in total. The first kappa shape index (κ1) is 16.4. The van der Waals surface area contributed by atoms with Gasteiger partial charge in [0.2, 0.25) is 5.78 Å². The second-order valence-electron chi connectivity index (χ2n) is 6.52. The Bertz CT molecular complexity index is 1350. The van der Waals surface area contributed by atoms with Crippen LogP contribution in [-0.4, -0.2) is 23.2 Å². The standard InChI is InChI=1S/C21H11BFN3O2/c22-11-4-9-17-15(10-11)19(27)20-25-18-14(21(28)26(17)20)2-1-3-16(18)24-13-7-5-12(23)6-8-13/h1-10,24H. The fourth-order valence-electron chi connectivity index (χ4n) is 3.43. The van der Waals surface area contributed by atoms with Crippen LogP contribution in [0, 0.1) is 5.82 Å². The largest absolute Gasteiger partial charge is 0.354 e. The highest BCUT2D eigenvalue weighted by atomic mass is 19.1. The van der Waals surface area contributed by atoms with Gasteiger partial charge in [0.25, 0.3) is 5.56 Å². The van der Waals surface area contributed by atoms with Crippen molar-refractivity contribution in [3.8, 4) is 5.69 Å². The SMILES string of the molecule is [B]c1ccc2c(c1)C(=O)c1nc3c(Nc4ccc(F)cc4)cccc3c(=O)n1-2. The molecular weight excluding hydrogens is 356 g/mol. The molecular formula is C21H11BFN3O2. The summed E-state index contributed by atoms with van der Waals surface area (Å²) in [5.41, 5.74) is 2.50.